The summed E-state index contributed by atoms with van der Waals surface area (Å²) >= 11 is 1.60. The Morgan fingerprint density at radius 3 is 1.45 bits per heavy atom. The van der Waals surface area contributed by atoms with Crippen molar-refractivity contribution in [1.29, 1.82) is 0 Å². The first-order chi connectivity index (χ1) is 8.46. The Hall–Kier alpha value is -1.16. The van der Waals surface area contributed by atoms with E-state index in [1.807, 2.05) is 5.38 Å². The first-order valence-electron chi connectivity index (χ1n) is 6.11. The second kappa shape index (κ2) is 23.0. The van der Waals surface area contributed by atoms with Crippen LogP contribution in [0.5, 0.6) is 0 Å². The van der Waals surface area contributed by atoms with Crippen molar-refractivity contribution in [3.05, 3.63) is 35.9 Å². The van der Waals surface area contributed by atoms with E-state index < -0.39 is 0 Å². The van der Waals surface area contributed by atoms with Gasteiger partial charge in [-0.05, 0) is 11.8 Å². The quantitative estimate of drug-likeness (QED) is 0.564. The van der Waals surface area contributed by atoms with E-state index in [0.717, 1.165) is 11.8 Å². The lowest BCUT2D eigenvalue weighted by Crippen LogP contribution is -1.66. The SMILES string of the molecule is C.C.CC(C)C.CC(C)C.c1cocn1.c1cscn1. The van der Waals surface area contributed by atoms with Crippen molar-refractivity contribution in [1.82, 2.24) is 9.97 Å². The van der Waals surface area contributed by atoms with Gasteiger partial charge in [0.15, 0.2) is 6.39 Å². The number of thiazole rings is 1. The third kappa shape index (κ3) is 54.1. The summed E-state index contributed by atoms with van der Waals surface area (Å²) in [7, 11) is 0. The normalized spacial score (nSPS) is 7.60. The van der Waals surface area contributed by atoms with Gasteiger partial charge in [-0.3, -0.25) is 4.98 Å². The van der Waals surface area contributed by atoms with E-state index in [4.69, 9.17) is 0 Å². The third-order valence-electron chi connectivity index (χ3n) is 0.694. The fourth-order valence-electron chi connectivity index (χ4n) is 0.351. The third-order valence-corrected chi connectivity index (χ3v) is 1.22. The molecule has 4 heteroatoms. The van der Waals surface area contributed by atoms with Gasteiger partial charge >= 0.3 is 0 Å². The summed E-state index contributed by atoms with van der Waals surface area (Å²) in [5.41, 5.74) is 1.79. The van der Waals surface area contributed by atoms with E-state index in [-0.39, 0.29) is 14.9 Å². The molecule has 0 unspecified atom stereocenters. The molecule has 2 aromatic heterocycles. The molecular formula is C16H34N2OS. The summed E-state index contributed by atoms with van der Waals surface area (Å²) < 4.78 is 4.47. The van der Waals surface area contributed by atoms with E-state index in [1.165, 1.54) is 12.7 Å². The fraction of sp³-hybridized carbons (Fsp3) is 0.625. The highest BCUT2D eigenvalue weighted by molar-refractivity contribution is 7.07. The predicted molar refractivity (Wildman–Crippen MR) is 93.1 cm³/mol. The van der Waals surface area contributed by atoms with Gasteiger partial charge in [-0.1, -0.05) is 56.4 Å². The molecule has 0 fully saturated rings. The Balaban J connectivity index is -0.0000000833. The molecule has 2 rings (SSSR count). The zero-order valence-electron chi connectivity index (χ0n) is 12.3. The summed E-state index contributed by atoms with van der Waals surface area (Å²) in [6, 6.07) is 0. The van der Waals surface area contributed by atoms with Crippen LogP contribution in [0.25, 0.3) is 0 Å². The fourth-order valence-corrected chi connectivity index (χ4v) is 0.703. The Morgan fingerprint density at radius 1 is 0.850 bits per heavy atom. The van der Waals surface area contributed by atoms with Gasteiger partial charge < -0.3 is 4.42 Å². The molecule has 0 saturated heterocycles. The van der Waals surface area contributed by atoms with Crippen LogP contribution < -0.4 is 0 Å². The van der Waals surface area contributed by atoms with E-state index in [2.05, 4.69) is 55.9 Å². The molecule has 0 atom stereocenters. The molecule has 0 spiro atoms. The average molecular weight is 303 g/mol. The number of hydrogen-bond acceptors (Lipinski definition) is 4. The maximum atomic E-state index is 4.47. The van der Waals surface area contributed by atoms with Crippen LogP contribution >= 0.6 is 11.3 Å². The smallest absolute Gasteiger partial charge is 0.180 e. The summed E-state index contributed by atoms with van der Waals surface area (Å²) in [6.45, 7) is 13.0. The van der Waals surface area contributed by atoms with Crippen LogP contribution in [-0.2, 0) is 0 Å². The minimum absolute atomic E-state index is 0. The van der Waals surface area contributed by atoms with Gasteiger partial charge in [0.1, 0.15) is 6.26 Å². The van der Waals surface area contributed by atoms with Crippen LogP contribution in [-0.4, -0.2) is 9.97 Å². The maximum Gasteiger partial charge on any atom is 0.180 e. The number of rotatable bonds is 0. The molecule has 0 radical (unpaired) electrons. The summed E-state index contributed by atoms with van der Waals surface area (Å²) in [6.07, 6.45) is 6.24. The summed E-state index contributed by atoms with van der Waals surface area (Å²) in [5.74, 6) is 1.67. The molecule has 0 saturated carbocycles. The monoisotopic (exact) mass is 302 g/mol. The minimum Gasteiger partial charge on any atom is -0.452 e. The van der Waals surface area contributed by atoms with Crippen LogP contribution in [0.2, 0.25) is 0 Å². The van der Waals surface area contributed by atoms with E-state index >= 15 is 0 Å². The molecule has 2 heterocycles. The van der Waals surface area contributed by atoms with Crippen molar-refractivity contribution in [3.8, 4) is 0 Å². The number of aromatic nitrogens is 2. The molecule has 0 aliphatic carbocycles. The molecule has 0 aliphatic heterocycles. The van der Waals surface area contributed by atoms with Gasteiger partial charge in [0.25, 0.3) is 0 Å². The zero-order chi connectivity index (χ0) is 14.2. The number of hydrogen-bond donors (Lipinski definition) is 0. The van der Waals surface area contributed by atoms with Crippen molar-refractivity contribution in [2.24, 2.45) is 11.8 Å². The van der Waals surface area contributed by atoms with E-state index in [0.29, 0.717) is 0 Å². The molecular weight excluding hydrogens is 268 g/mol. The van der Waals surface area contributed by atoms with Crippen molar-refractivity contribution in [2.75, 3.05) is 0 Å². The van der Waals surface area contributed by atoms with Gasteiger partial charge in [-0.15, -0.1) is 11.3 Å². The Kier molecular flexibility index (Phi) is 31.3. The molecule has 20 heavy (non-hydrogen) atoms. The first kappa shape index (κ1) is 27.2. The standard InChI is InChI=1S/2C4H10.C3H3NO.C3H3NS.2CH4/c2*1-4(2)3;2*1-2-5-3-4-1;;/h2*4H,1-3H3;2*1-3H;2*1H4. The molecule has 120 valence electrons. The first-order valence-corrected chi connectivity index (χ1v) is 7.05. The van der Waals surface area contributed by atoms with Crippen molar-refractivity contribution >= 4 is 11.3 Å². The van der Waals surface area contributed by atoms with Gasteiger partial charge in [-0.2, -0.15) is 0 Å². The topological polar surface area (TPSA) is 38.9 Å². The highest BCUT2D eigenvalue weighted by Gasteiger charge is 1.68. The molecule has 0 aliphatic rings. The number of oxazole rings is 1. The zero-order valence-corrected chi connectivity index (χ0v) is 13.1. The van der Waals surface area contributed by atoms with E-state index in [9.17, 15) is 0 Å². The minimum atomic E-state index is 0. The van der Waals surface area contributed by atoms with Crippen LogP contribution in [0.3, 0.4) is 0 Å². The Morgan fingerprint density at radius 2 is 1.35 bits per heavy atom. The Bertz CT molecular complexity index is 220. The van der Waals surface area contributed by atoms with Crippen molar-refractivity contribution in [3.63, 3.8) is 0 Å². The average Bonchev–Trinajstić information content (AvgIpc) is 2.96. The lowest BCUT2D eigenvalue weighted by atomic mass is 10.3. The molecule has 0 amide bonds. The lowest BCUT2D eigenvalue weighted by Gasteiger charge is -1.79. The second-order valence-electron chi connectivity index (χ2n) is 4.82. The van der Waals surface area contributed by atoms with E-state index in [1.54, 1.807) is 29.2 Å². The highest BCUT2D eigenvalue weighted by Crippen LogP contribution is 1.86. The maximum absolute atomic E-state index is 4.47. The van der Waals surface area contributed by atoms with Crippen molar-refractivity contribution < 1.29 is 4.42 Å². The number of nitrogens with zero attached hydrogens (tertiary/aromatic N) is 2. The van der Waals surface area contributed by atoms with Gasteiger partial charge in [0, 0.05) is 11.6 Å². The van der Waals surface area contributed by atoms with Crippen LogP contribution in [0.1, 0.15) is 56.4 Å². The molecule has 2 aromatic rings. The van der Waals surface area contributed by atoms with Gasteiger partial charge in [0.2, 0.25) is 0 Å². The molecule has 0 aromatic carbocycles. The van der Waals surface area contributed by atoms with Crippen LogP contribution in [0, 0.1) is 11.8 Å². The predicted octanol–water partition coefficient (Wildman–Crippen LogP) is 6.41. The largest absolute Gasteiger partial charge is 0.452 e. The molecule has 0 bridgehead atoms. The molecule has 0 N–H and O–H groups in total. The lowest BCUT2D eigenvalue weighted by molar-refractivity contribution is 0.558. The molecule has 3 nitrogen and oxygen atoms in total. The van der Waals surface area contributed by atoms with Gasteiger partial charge in [0.05, 0.1) is 11.7 Å². The summed E-state index contributed by atoms with van der Waals surface area (Å²) in [5, 5.41) is 1.93. The Labute approximate surface area is 130 Å². The van der Waals surface area contributed by atoms with Gasteiger partial charge in [-0.25, -0.2) is 4.98 Å². The van der Waals surface area contributed by atoms with Crippen LogP contribution in [0.15, 0.2) is 40.4 Å². The van der Waals surface area contributed by atoms with Crippen molar-refractivity contribution in [2.45, 2.75) is 56.4 Å². The highest BCUT2D eigenvalue weighted by atomic mass is 32.1. The van der Waals surface area contributed by atoms with Crippen LogP contribution in [0.4, 0.5) is 0 Å². The summed E-state index contributed by atoms with van der Waals surface area (Å²) in [4.78, 5) is 7.30. The second-order valence-corrected chi connectivity index (χ2v) is 5.57.